The number of halogens is 1. The number of carbonyl (C=O) groups excluding carboxylic acids is 1. The number of hydrogen-bond donors (Lipinski definition) is 1. The van der Waals surface area contributed by atoms with E-state index in [9.17, 15) is 4.79 Å². The van der Waals surface area contributed by atoms with E-state index < -0.39 is 0 Å². The van der Waals surface area contributed by atoms with Gasteiger partial charge in [0.1, 0.15) is 22.5 Å². The van der Waals surface area contributed by atoms with Gasteiger partial charge in [-0.25, -0.2) is 0 Å². The van der Waals surface area contributed by atoms with Gasteiger partial charge in [0.05, 0.1) is 23.9 Å². The van der Waals surface area contributed by atoms with E-state index in [-0.39, 0.29) is 12.0 Å². The summed E-state index contributed by atoms with van der Waals surface area (Å²) in [4.78, 5) is 14.1. The van der Waals surface area contributed by atoms with Gasteiger partial charge in [0, 0.05) is 11.3 Å². The number of benzene rings is 3. The van der Waals surface area contributed by atoms with Gasteiger partial charge < -0.3 is 14.8 Å². The molecule has 1 heterocycles. The van der Waals surface area contributed by atoms with Gasteiger partial charge in [0.15, 0.2) is 0 Å². The quantitative estimate of drug-likeness (QED) is 0.453. The Bertz CT molecular complexity index is 1240. The summed E-state index contributed by atoms with van der Waals surface area (Å²) in [6, 6.07) is 17.7. The monoisotopic (exact) mass is 436 g/mol. The second-order valence-corrected chi connectivity index (χ2v) is 7.56. The van der Waals surface area contributed by atoms with Crippen molar-refractivity contribution in [3.63, 3.8) is 0 Å². The molecule has 8 heteroatoms. The summed E-state index contributed by atoms with van der Waals surface area (Å²) in [5.41, 5.74) is 3.20. The number of amides is 1. The average molecular weight is 437 g/mol. The lowest BCUT2D eigenvalue weighted by Crippen LogP contribution is -2.12. The van der Waals surface area contributed by atoms with Gasteiger partial charge in [-0.3, -0.25) is 4.79 Å². The summed E-state index contributed by atoms with van der Waals surface area (Å²) >= 11 is 6.20. The smallest absolute Gasteiger partial charge is 0.255 e. The summed E-state index contributed by atoms with van der Waals surface area (Å²) in [6.45, 7) is 3.91. The van der Waals surface area contributed by atoms with Crippen LogP contribution in [0.15, 0.2) is 60.7 Å². The van der Waals surface area contributed by atoms with E-state index in [2.05, 4.69) is 15.5 Å². The van der Waals surface area contributed by atoms with Crippen LogP contribution in [0.25, 0.3) is 16.7 Å². The first-order chi connectivity index (χ1) is 14.9. The van der Waals surface area contributed by atoms with Gasteiger partial charge in [-0.2, -0.15) is 4.80 Å². The zero-order valence-electron chi connectivity index (χ0n) is 17.3. The number of methoxy groups -OCH3 is 1. The molecule has 31 heavy (non-hydrogen) atoms. The van der Waals surface area contributed by atoms with Gasteiger partial charge in [0.25, 0.3) is 5.91 Å². The first kappa shape index (κ1) is 20.7. The maximum absolute atomic E-state index is 12.6. The fraction of sp³-hybridized carbons (Fsp3) is 0.174. The van der Waals surface area contributed by atoms with Crippen LogP contribution in [0, 0.1) is 0 Å². The SMILES string of the molecule is COc1ccc(-n2nc3ccc(NC(=O)c4ccc(OC(C)C)cc4)cc3n2)cc1Cl. The lowest BCUT2D eigenvalue weighted by Gasteiger charge is -2.10. The molecule has 0 fully saturated rings. The molecular formula is C23H21ClN4O3. The number of anilines is 1. The molecule has 1 aromatic heterocycles. The number of nitrogens with one attached hydrogen (secondary N) is 1. The van der Waals surface area contributed by atoms with Crippen molar-refractivity contribution in [2.24, 2.45) is 0 Å². The number of nitrogens with zero attached hydrogens (tertiary/aromatic N) is 3. The minimum atomic E-state index is -0.218. The van der Waals surface area contributed by atoms with E-state index in [0.29, 0.717) is 38.7 Å². The largest absolute Gasteiger partial charge is 0.495 e. The van der Waals surface area contributed by atoms with Crippen molar-refractivity contribution in [3.05, 3.63) is 71.2 Å². The van der Waals surface area contributed by atoms with Gasteiger partial charge in [-0.15, -0.1) is 10.2 Å². The number of ether oxygens (including phenoxy) is 2. The Morgan fingerprint density at radius 3 is 2.42 bits per heavy atom. The lowest BCUT2D eigenvalue weighted by molar-refractivity contribution is 0.102. The molecule has 0 aliphatic heterocycles. The molecule has 0 atom stereocenters. The molecule has 0 aliphatic carbocycles. The third-order valence-corrected chi connectivity index (χ3v) is 4.79. The Labute approximate surface area is 184 Å². The van der Waals surface area contributed by atoms with Crippen LogP contribution in [-0.2, 0) is 0 Å². The highest BCUT2D eigenvalue weighted by Gasteiger charge is 2.11. The fourth-order valence-corrected chi connectivity index (χ4v) is 3.30. The van der Waals surface area contributed by atoms with Crippen LogP contribution < -0.4 is 14.8 Å². The molecular weight excluding hydrogens is 416 g/mol. The van der Waals surface area contributed by atoms with Crippen LogP contribution in [-0.4, -0.2) is 34.1 Å². The summed E-state index contributed by atoms with van der Waals surface area (Å²) < 4.78 is 10.8. The fourth-order valence-electron chi connectivity index (χ4n) is 3.05. The average Bonchev–Trinajstić information content (AvgIpc) is 3.17. The van der Waals surface area contributed by atoms with Gasteiger partial charge in [0.2, 0.25) is 0 Å². The highest BCUT2D eigenvalue weighted by molar-refractivity contribution is 6.32. The van der Waals surface area contributed by atoms with Crippen LogP contribution in [0.3, 0.4) is 0 Å². The lowest BCUT2D eigenvalue weighted by atomic mass is 10.2. The number of fused-ring (bicyclic) bond motifs is 1. The summed E-state index contributed by atoms with van der Waals surface area (Å²) in [7, 11) is 1.56. The number of hydrogen-bond acceptors (Lipinski definition) is 5. The molecule has 4 aromatic rings. The predicted molar refractivity (Wildman–Crippen MR) is 121 cm³/mol. The molecule has 158 valence electrons. The number of carbonyl (C=O) groups is 1. The van der Waals surface area contributed by atoms with Gasteiger partial charge >= 0.3 is 0 Å². The minimum absolute atomic E-state index is 0.0776. The van der Waals surface area contributed by atoms with Crippen molar-refractivity contribution >= 4 is 34.2 Å². The molecule has 7 nitrogen and oxygen atoms in total. The van der Waals surface area contributed by atoms with Gasteiger partial charge in [-0.05, 0) is 74.5 Å². The molecule has 3 aromatic carbocycles. The summed E-state index contributed by atoms with van der Waals surface area (Å²) in [5, 5.41) is 12.3. The number of aromatic nitrogens is 3. The normalized spacial score (nSPS) is 11.0. The second-order valence-electron chi connectivity index (χ2n) is 7.16. The molecule has 1 N–H and O–H groups in total. The van der Waals surface area contributed by atoms with E-state index in [4.69, 9.17) is 21.1 Å². The second kappa shape index (κ2) is 8.65. The summed E-state index contributed by atoms with van der Waals surface area (Å²) in [5.74, 6) is 1.09. The van der Waals surface area contributed by atoms with Crippen molar-refractivity contribution in [1.29, 1.82) is 0 Å². The van der Waals surface area contributed by atoms with E-state index in [0.717, 1.165) is 5.75 Å². The van der Waals surface area contributed by atoms with Crippen molar-refractivity contribution in [1.82, 2.24) is 15.0 Å². The van der Waals surface area contributed by atoms with E-state index in [1.54, 1.807) is 61.7 Å². The van der Waals surface area contributed by atoms with Crippen molar-refractivity contribution < 1.29 is 14.3 Å². The maximum atomic E-state index is 12.6. The Hall–Kier alpha value is -3.58. The van der Waals surface area contributed by atoms with Crippen LogP contribution in [0.4, 0.5) is 5.69 Å². The van der Waals surface area contributed by atoms with E-state index in [1.165, 1.54) is 4.80 Å². The highest BCUT2D eigenvalue weighted by Crippen LogP contribution is 2.27. The maximum Gasteiger partial charge on any atom is 0.255 e. The Morgan fingerprint density at radius 2 is 1.74 bits per heavy atom. The third-order valence-electron chi connectivity index (χ3n) is 4.49. The Balaban J connectivity index is 1.53. The van der Waals surface area contributed by atoms with Gasteiger partial charge in [-0.1, -0.05) is 11.6 Å². The zero-order chi connectivity index (χ0) is 22.0. The molecule has 0 aliphatic rings. The van der Waals surface area contributed by atoms with Crippen LogP contribution in [0.2, 0.25) is 5.02 Å². The molecule has 1 amide bonds. The topological polar surface area (TPSA) is 78.3 Å². The molecule has 0 radical (unpaired) electrons. The molecule has 0 bridgehead atoms. The van der Waals surface area contributed by atoms with Crippen molar-refractivity contribution in [3.8, 4) is 17.2 Å². The van der Waals surface area contributed by atoms with Crippen molar-refractivity contribution in [2.75, 3.05) is 12.4 Å². The molecule has 0 saturated heterocycles. The standard InChI is InChI=1S/C23H21ClN4O3/c1-14(2)31-18-8-4-15(5-9-18)23(29)25-16-6-10-20-21(12-16)27-28(26-20)17-7-11-22(30-3)19(24)13-17/h4-14H,1-3H3,(H,25,29). The van der Waals surface area contributed by atoms with Crippen LogP contribution >= 0.6 is 11.6 Å². The van der Waals surface area contributed by atoms with E-state index in [1.807, 2.05) is 19.9 Å². The molecule has 4 rings (SSSR count). The first-order valence-electron chi connectivity index (χ1n) is 9.72. The molecule has 0 saturated carbocycles. The minimum Gasteiger partial charge on any atom is -0.495 e. The summed E-state index contributed by atoms with van der Waals surface area (Å²) in [6.07, 6.45) is 0.0776. The predicted octanol–water partition coefficient (Wildman–Crippen LogP) is 5.12. The van der Waals surface area contributed by atoms with Crippen LogP contribution in [0.5, 0.6) is 11.5 Å². The third kappa shape index (κ3) is 4.62. The number of rotatable bonds is 6. The molecule has 0 spiro atoms. The zero-order valence-corrected chi connectivity index (χ0v) is 18.1. The first-order valence-corrected chi connectivity index (χ1v) is 10.1. The molecule has 0 unspecified atom stereocenters. The van der Waals surface area contributed by atoms with Crippen LogP contribution in [0.1, 0.15) is 24.2 Å². The highest BCUT2D eigenvalue weighted by atomic mass is 35.5. The van der Waals surface area contributed by atoms with E-state index >= 15 is 0 Å². The van der Waals surface area contributed by atoms with Crippen molar-refractivity contribution in [2.45, 2.75) is 20.0 Å². The Morgan fingerprint density at radius 1 is 1.00 bits per heavy atom. The Kier molecular flexibility index (Phi) is 5.77.